The summed E-state index contributed by atoms with van der Waals surface area (Å²) in [7, 11) is 0. The summed E-state index contributed by atoms with van der Waals surface area (Å²) < 4.78 is 5.25. The molecule has 0 saturated heterocycles. The third kappa shape index (κ3) is 5.10. The maximum absolute atomic E-state index is 12.3. The van der Waals surface area contributed by atoms with Gasteiger partial charge >= 0.3 is 5.97 Å². The maximum atomic E-state index is 12.3. The zero-order chi connectivity index (χ0) is 17.7. The van der Waals surface area contributed by atoms with E-state index in [9.17, 15) is 14.4 Å². The Balaban J connectivity index is 2.28. The van der Waals surface area contributed by atoms with Gasteiger partial charge in [0.1, 0.15) is 5.75 Å². The van der Waals surface area contributed by atoms with E-state index < -0.39 is 5.97 Å². The lowest BCUT2D eigenvalue weighted by atomic mass is 10.1. The number of carbonyl (C=O) groups excluding carboxylic acids is 3. The zero-order valence-corrected chi connectivity index (χ0v) is 13.8. The zero-order valence-electron chi connectivity index (χ0n) is 13.1. The van der Waals surface area contributed by atoms with Crippen molar-refractivity contribution in [2.75, 3.05) is 10.6 Å². The molecule has 0 radical (unpaired) electrons. The van der Waals surface area contributed by atoms with E-state index in [1.807, 2.05) is 0 Å². The molecule has 2 rings (SSSR count). The van der Waals surface area contributed by atoms with Crippen LogP contribution in [-0.2, 0) is 9.59 Å². The normalized spacial score (nSPS) is 9.96. The highest BCUT2D eigenvalue weighted by Gasteiger charge is 2.13. The lowest BCUT2D eigenvalue weighted by Gasteiger charge is -2.10. The first-order chi connectivity index (χ1) is 11.3. The highest BCUT2D eigenvalue weighted by molar-refractivity contribution is 6.30. The van der Waals surface area contributed by atoms with Gasteiger partial charge in [0.2, 0.25) is 11.8 Å². The van der Waals surface area contributed by atoms with Crippen LogP contribution in [0.3, 0.4) is 0 Å². The predicted octanol–water partition coefficient (Wildman–Crippen LogP) is 3.48. The van der Waals surface area contributed by atoms with Gasteiger partial charge in [-0.2, -0.15) is 0 Å². The van der Waals surface area contributed by atoms with Gasteiger partial charge in [0, 0.05) is 30.2 Å². The third-order valence-corrected chi connectivity index (χ3v) is 3.09. The molecule has 2 aromatic rings. The lowest BCUT2D eigenvalue weighted by Crippen LogP contribution is -2.13. The second kappa shape index (κ2) is 7.61. The number of benzene rings is 2. The van der Waals surface area contributed by atoms with E-state index in [1.54, 1.807) is 30.3 Å². The Hall–Kier alpha value is -2.86. The molecular formula is C17H15ClN2O4. The SMILES string of the molecule is CC(=O)Nc1cc(NC(C)=O)cc(C(=O)Oc2ccc(Cl)cc2)c1. The molecule has 0 aliphatic rings. The van der Waals surface area contributed by atoms with Crippen molar-refractivity contribution in [3.8, 4) is 5.75 Å². The number of amides is 2. The van der Waals surface area contributed by atoms with Crippen LogP contribution in [0, 0.1) is 0 Å². The van der Waals surface area contributed by atoms with Crippen LogP contribution >= 0.6 is 11.6 Å². The van der Waals surface area contributed by atoms with E-state index in [-0.39, 0.29) is 17.4 Å². The molecule has 7 heteroatoms. The monoisotopic (exact) mass is 346 g/mol. The molecule has 0 aromatic heterocycles. The molecule has 2 amide bonds. The Morgan fingerprint density at radius 3 is 1.83 bits per heavy atom. The lowest BCUT2D eigenvalue weighted by molar-refractivity contribution is -0.115. The number of nitrogens with one attached hydrogen (secondary N) is 2. The third-order valence-electron chi connectivity index (χ3n) is 2.83. The molecule has 0 spiro atoms. The summed E-state index contributed by atoms with van der Waals surface area (Å²) in [6.07, 6.45) is 0. The van der Waals surface area contributed by atoms with Crippen molar-refractivity contribution in [2.45, 2.75) is 13.8 Å². The fourth-order valence-corrected chi connectivity index (χ4v) is 2.09. The summed E-state index contributed by atoms with van der Waals surface area (Å²) in [5.41, 5.74) is 0.925. The molecule has 2 aromatic carbocycles. The van der Waals surface area contributed by atoms with Crippen LogP contribution in [0.2, 0.25) is 5.02 Å². The van der Waals surface area contributed by atoms with Crippen molar-refractivity contribution >= 4 is 40.8 Å². The molecule has 0 fully saturated rings. The molecule has 0 aliphatic carbocycles. The Bertz CT molecular complexity index is 753. The number of rotatable bonds is 4. The van der Waals surface area contributed by atoms with Gasteiger partial charge in [-0.1, -0.05) is 11.6 Å². The summed E-state index contributed by atoms with van der Waals surface area (Å²) in [6, 6.07) is 10.8. The number of hydrogen-bond donors (Lipinski definition) is 2. The summed E-state index contributed by atoms with van der Waals surface area (Å²) >= 11 is 5.78. The van der Waals surface area contributed by atoms with E-state index in [0.29, 0.717) is 22.1 Å². The molecule has 2 N–H and O–H groups in total. The van der Waals surface area contributed by atoms with Crippen molar-refractivity contribution in [2.24, 2.45) is 0 Å². The van der Waals surface area contributed by atoms with Crippen molar-refractivity contribution in [3.05, 3.63) is 53.1 Å². The number of anilines is 2. The Morgan fingerprint density at radius 1 is 0.875 bits per heavy atom. The van der Waals surface area contributed by atoms with Crippen molar-refractivity contribution in [1.29, 1.82) is 0 Å². The quantitative estimate of drug-likeness (QED) is 0.655. The Morgan fingerprint density at radius 2 is 1.38 bits per heavy atom. The molecule has 24 heavy (non-hydrogen) atoms. The first-order valence-electron chi connectivity index (χ1n) is 7.01. The van der Waals surface area contributed by atoms with Gasteiger partial charge in [0.15, 0.2) is 0 Å². The average Bonchev–Trinajstić information content (AvgIpc) is 2.48. The molecule has 124 valence electrons. The molecule has 0 unspecified atom stereocenters. The van der Waals surface area contributed by atoms with E-state index >= 15 is 0 Å². The van der Waals surface area contributed by atoms with Gasteiger partial charge in [-0.05, 0) is 42.5 Å². The molecule has 6 nitrogen and oxygen atoms in total. The largest absolute Gasteiger partial charge is 0.423 e. The Kier molecular flexibility index (Phi) is 5.55. The minimum Gasteiger partial charge on any atom is -0.423 e. The van der Waals surface area contributed by atoms with Crippen LogP contribution in [0.1, 0.15) is 24.2 Å². The fraction of sp³-hybridized carbons (Fsp3) is 0.118. The van der Waals surface area contributed by atoms with Gasteiger partial charge in [0.05, 0.1) is 5.56 Å². The van der Waals surface area contributed by atoms with Crippen LogP contribution in [0.4, 0.5) is 11.4 Å². The molecule has 0 saturated carbocycles. The minimum absolute atomic E-state index is 0.181. The highest BCUT2D eigenvalue weighted by atomic mass is 35.5. The highest BCUT2D eigenvalue weighted by Crippen LogP contribution is 2.22. The maximum Gasteiger partial charge on any atom is 0.343 e. The fourth-order valence-electron chi connectivity index (χ4n) is 1.96. The predicted molar refractivity (Wildman–Crippen MR) is 91.5 cm³/mol. The molecular weight excluding hydrogens is 332 g/mol. The second-order valence-electron chi connectivity index (χ2n) is 5.00. The summed E-state index contributed by atoms with van der Waals surface area (Å²) in [5.74, 6) is -0.898. The van der Waals surface area contributed by atoms with Crippen LogP contribution in [-0.4, -0.2) is 17.8 Å². The van der Waals surface area contributed by atoms with Crippen LogP contribution in [0.25, 0.3) is 0 Å². The average molecular weight is 347 g/mol. The van der Waals surface area contributed by atoms with Gasteiger partial charge < -0.3 is 15.4 Å². The van der Waals surface area contributed by atoms with E-state index in [2.05, 4.69) is 10.6 Å². The van der Waals surface area contributed by atoms with Crippen LogP contribution < -0.4 is 15.4 Å². The molecule has 0 aliphatic heterocycles. The summed E-state index contributed by atoms with van der Waals surface area (Å²) in [4.78, 5) is 34.7. The first-order valence-corrected chi connectivity index (χ1v) is 7.39. The topological polar surface area (TPSA) is 84.5 Å². The summed E-state index contributed by atoms with van der Waals surface area (Å²) in [6.45, 7) is 2.69. The standard InChI is InChI=1S/C17H15ClN2O4/c1-10(21)19-14-7-12(8-15(9-14)20-11(2)22)17(23)24-16-5-3-13(18)4-6-16/h3-9H,1-2H3,(H,19,21)(H,20,22). The van der Waals surface area contributed by atoms with Gasteiger partial charge in [0.25, 0.3) is 0 Å². The molecule has 0 atom stereocenters. The Labute approximate surface area is 143 Å². The minimum atomic E-state index is -0.629. The van der Waals surface area contributed by atoms with Crippen molar-refractivity contribution in [1.82, 2.24) is 0 Å². The van der Waals surface area contributed by atoms with E-state index in [1.165, 1.54) is 26.0 Å². The smallest absolute Gasteiger partial charge is 0.343 e. The van der Waals surface area contributed by atoms with Crippen molar-refractivity contribution in [3.63, 3.8) is 0 Å². The van der Waals surface area contributed by atoms with E-state index in [4.69, 9.17) is 16.3 Å². The second-order valence-corrected chi connectivity index (χ2v) is 5.44. The number of esters is 1. The molecule has 0 bridgehead atoms. The van der Waals surface area contributed by atoms with Gasteiger partial charge in [-0.25, -0.2) is 4.79 Å². The van der Waals surface area contributed by atoms with Crippen LogP contribution in [0.5, 0.6) is 5.75 Å². The van der Waals surface area contributed by atoms with Gasteiger partial charge in [-0.3, -0.25) is 9.59 Å². The summed E-state index contributed by atoms with van der Waals surface area (Å²) in [5, 5.41) is 5.66. The number of ether oxygens (including phenoxy) is 1. The number of hydrogen-bond acceptors (Lipinski definition) is 4. The van der Waals surface area contributed by atoms with Gasteiger partial charge in [-0.15, -0.1) is 0 Å². The first kappa shape index (κ1) is 17.5. The number of carbonyl (C=O) groups is 3. The van der Waals surface area contributed by atoms with Crippen LogP contribution in [0.15, 0.2) is 42.5 Å². The van der Waals surface area contributed by atoms with Crippen molar-refractivity contribution < 1.29 is 19.1 Å². The van der Waals surface area contributed by atoms with E-state index in [0.717, 1.165) is 0 Å². The molecule has 0 heterocycles. The number of halogens is 1.